The van der Waals surface area contributed by atoms with Gasteiger partial charge < -0.3 is 20.3 Å². The number of hydrogen-bond acceptors (Lipinski definition) is 9. The van der Waals surface area contributed by atoms with Gasteiger partial charge in [0.2, 0.25) is 5.95 Å². The maximum absolute atomic E-state index is 9.49. The zero-order chi connectivity index (χ0) is 23.8. The fourth-order valence-electron chi connectivity index (χ4n) is 5.58. The van der Waals surface area contributed by atoms with Crippen LogP contribution in [-0.4, -0.2) is 70.8 Å². The lowest BCUT2D eigenvalue weighted by Crippen LogP contribution is -2.50. The topological polar surface area (TPSA) is 102 Å². The Labute approximate surface area is 205 Å². The molecule has 6 rings (SSSR count). The Bertz CT molecular complexity index is 1270. The van der Waals surface area contributed by atoms with Crippen molar-refractivity contribution in [2.45, 2.75) is 44.7 Å². The Morgan fingerprint density at radius 2 is 2.14 bits per heavy atom. The summed E-state index contributed by atoms with van der Waals surface area (Å²) in [6, 6.07) is 10.5. The number of anilines is 2. The number of nitrogens with zero attached hydrogens (tertiary/aromatic N) is 6. The molecule has 0 amide bonds. The number of ether oxygens (including phenoxy) is 1. The van der Waals surface area contributed by atoms with Gasteiger partial charge in [0, 0.05) is 80.9 Å². The molecule has 2 aromatic heterocycles. The fourth-order valence-corrected chi connectivity index (χ4v) is 5.58. The van der Waals surface area contributed by atoms with Crippen molar-refractivity contribution in [2.75, 3.05) is 42.9 Å². The molecule has 1 aromatic carbocycles. The highest BCUT2D eigenvalue weighted by atomic mass is 16.5. The summed E-state index contributed by atoms with van der Waals surface area (Å²) in [7, 11) is 0. The number of nitrogens with one attached hydrogen (secondary N) is 2. The molecule has 3 aromatic rings. The second-order valence-electron chi connectivity index (χ2n) is 9.78. The number of pyridine rings is 1. The van der Waals surface area contributed by atoms with Crippen molar-refractivity contribution in [1.29, 1.82) is 5.26 Å². The smallest absolute Gasteiger partial charge is 0.223 e. The van der Waals surface area contributed by atoms with Gasteiger partial charge in [-0.15, -0.1) is 0 Å². The van der Waals surface area contributed by atoms with E-state index in [1.165, 1.54) is 5.56 Å². The average molecular weight is 471 g/mol. The van der Waals surface area contributed by atoms with Crippen LogP contribution in [0.2, 0.25) is 0 Å². The van der Waals surface area contributed by atoms with Gasteiger partial charge in [0.1, 0.15) is 6.07 Å². The molecule has 3 aliphatic heterocycles. The third-order valence-corrected chi connectivity index (χ3v) is 7.16. The van der Waals surface area contributed by atoms with E-state index in [9.17, 15) is 5.26 Å². The molecule has 180 valence electrons. The molecular weight excluding hydrogens is 440 g/mol. The van der Waals surface area contributed by atoms with Crippen LogP contribution in [0.1, 0.15) is 30.2 Å². The van der Waals surface area contributed by atoms with E-state index >= 15 is 0 Å². The molecule has 3 aliphatic rings. The number of nitriles is 1. The first-order valence-corrected chi connectivity index (χ1v) is 12.4. The number of fused-ring (bicyclic) bond motifs is 2. The van der Waals surface area contributed by atoms with E-state index in [1.807, 2.05) is 18.3 Å². The van der Waals surface area contributed by atoms with Gasteiger partial charge in [0.25, 0.3) is 0 Å². The SMILES string of the molecule is CC1CN(c2ccc(C#N)c3ncccc23)CC(CN2CCC(Nc3ncc4c(n3)CNC4)C2)O1. The normalized spacial score (nSPS) is 24.5. The zero-order valence-electron chi connectivity index (χ0n) is 19.9. The van der Waals surface area contributed by atoms with E-state index < -0.39 is 0 Å². The van der Waals surface area contributed by atoms with E-state index in [-0.39, 0.29) is 12.2 Å². The van der Waals surface area contributed by atoms with Gasteiger partial charge in [-0.3, -0.25) is 9.88 Å². The van der Waals surface area contributed by atoms with Crippen LogP contribution < -0.4 is 15.5 Å². The third kappa shape index (κ3) is 4.52. The summed E-state index contributed by atoms with van der Waals surface area (Å²) in [6.45, 7) is 8.33. The molecule has 0 bridgehead atoms. The monoisotopic (exact) mass is 470 g/mol. The van der Waals surface area contributed by atoms with E-state index in [2.05, 4.69) is 60.5 Å². The predicted octanol–water partition coefficient (Wildman–Crippen LogP) is 2.28. The van der Waals surface area contributed by atoms with Gasteiger partial charge in [-0.2, -0.15) is 5.26 Å². The van der Waals surface area contributed by atoms with Crippen LogP contribution in [-0.2, 0) is 17.8 Å². The molecule has 5 heterocycles. The van der Waals surface area contributed by atoms with Crippen molar-refractivity contribution in [3.8, 4) is 6.07 Å². The zero-order valence-corrected chi connectivity index (χ0v) is 19.9. The first kappa shape index (κ1) is 22.2. The number of benzene rings is 1. The lowest BCUT2D eigenvalue weighted by Gasteiger charge is -2.40. The molecule has 2 fully saturated rings. The maximum atomic E-state index is 9.49. The Hall–Kier alpha value is -3.32. The Morgan fingerprint density at radius 1 is 1.20 bits per heavy atom. The number of morpholine rings is 1. The summed E-state index contributed by atoms with van der Waals surface area (Å²) >= 11 is 0. The number of hydrogen-bond donors (Lipinski definition) is 2. The molecule has 9 heteroatoms. The summed E-state index contributed by atoms with van der Waals surface area (Å²) in [5.41, 5.74) is 4.80. The highest BCUT2D eigenvalue weighted by Crippen LogP contribution is 2.30. The molecule has 3 unspecified atom stereocenters. The van der Waals surface area contributed by atoms with Gasteiger partial charge in [-0.1, -0.05) is 0 Å². The van der Waals surface area contributed by atoms with Gasteiger partial charge in [-0.05, 0) is 37.6 Å². The first-order valence-electron chi connectivity index (χ1n) is 12.4. The molecular formula is C26H30N8O. The Balaban J connectivity index is 1.11. The van der Waals surface area contributed by atoms with Crippen molar-refractivity contribution >= 4 is 22.5 Å². The van der Waals surface area contributed by atoms with Crippen LogP contribution in [0.15, 0.2) is 36.7 Å². The minimum Gasteiger partial charge on any atom is -0.370 e. The maximum Gasteiger partial charge on any atom is 0.223 e. The van der Waals surface area contributed by atoms with Crippen molar-refractivity contribution in [3.63, 3.8) is 0 Å². The first-order chi connectivity index (χ1) is 17.2. The largest absolute Gasteiger partial charge is 0.370 e. The minimum absolute atomic E-state index is 0.113. The summed E-state index contributed by atoms with van der Waals surface area (Å²) < 4.78 is 6.36. The predicted molar refractivity (Wildman–Crippen MR) is 134 cm³/mol. The van der Waals surface area contributed by atoms with Crippen LogP contribution >= 0.6 is 0 Å². The summed E-state index contributed by atoms with van der Waals surface area (Å²) in [4.78, 5) is 18.5. The van der Waals surface area contributed by atoms with Crippen molar-refractivity contribution in [1.82, 2.24) is 25.2 Å². The van der Waals surface area contributed by atoms with Gasteiger partial charge in [0.05, 0.1) is 29.0 Å². The van der Waals surface area contributed by atoms with Crippen molar-refractivity contribution < 1.29 is 4.74 Å². The standard InChI is InChI=1S/C26H30N8O/c1-17-13-34(24-5-4-18(9-27)25-22(24)3-2-7-29-25)16-21(35-17)15-33-8-6-20(14-33)31-26-30-11-19-10-28-12-23(19)32-26/h2-5,7,11,17,20-21,28H,6,8,10,12-16H2,1H3,(H,30,31,32). The molecule has 2 N–H and O–H groups in total. The van der Waals surface area contributed by atoms with E-state index in [1.54, 1.807) is 6.20 Å². The second-order valence-corrected chi connectivity index (χ2v) is 9.78. The lowest BCUT2D eigenvalue weighted by molar-refractivity contribution is -0.0294. The molecule has 35 heavy (non-hydrogen) atoms. The Morgan fingerprint density at radius 3 is 3.06 bits per heavy atom. The molecule has 9 nitrogen and oxygen atoms in total. The summed E-state index contributed by atoms with van der Waals surface area (Å²) in [6.07, 6.45) is 4.99. The highest BCUT2D eigenvalue weighted by Gasteiger charge is 2.31. The van der Waals surface area contributed by atoms with Crippen molar-refractivity contribution in [3.05, 3.63) is 53.5 Å². The molecule has 0 spiro atoms. The fraction of sp³-hybridized carbons (Fsp3) is 0.462. The molecule has 3 atom stereocenters. The number of likely N-dealkylation sites (tertiary alicyclic amines) is 1. The van der Waals surface area contributed by atoms with Crippen LogP contribution in [0.25, 0.3) is 10.9 Å². The van der Waals surface area contributed by atoms with Gasteiger partial charge in [-0.25, -0.2) is 9.97 Å². The molecule has 2 saturated heterocycles. The van der Waals surface area contributed by atoms with Crippen LogP contribution in [0.4, 0.5) is 11.6 Å². The number of rotatable bonds is 5. The molecule has 0 saturated carbocycles. The molecule has 0 radical (unpaired) electrons. The van der Waals surface area contributed by atoms with Crippen LogP contribution in [0, 0.1) is 11.3 Å². The second kappa shape index (κ2) is 9.38. The van der Waals surface area contributed by atoms with Gasteiger partial charge >= 0.3 is 0 Å². The van der Waals surface area contributed by atoms with Gasteiger partial charge in [0.15, 0.2) is 0 Å². The van der Waals surface area contributed by atoms with E-state index in [4.69, 9.17) is 4.74 Å². The Kier molecular flexibility index (Phi) is 5.94. The summed E-state index contributed by atoms with van der Waals surface area (Å²) in [5, 5.41) is 17.4. The quantitative estimate of drug-likeness (QED) is 0.581. The third-order valence-electron chi connectivity index (χ3n) is 7.16. The highest BCUT2D eigenvalue weighted by molar-refractivity contribution is 5.95. The average Bonchev–Trinajstić information content (AvgIpc) is 3.52. The number of aromatic nitrogens is 3. The van der Waals surface area contributed by atoms with E-state index in [0.29, 0.717) is 11.6 Å². The van der Waals surface area contributed by atoms with Crippen LogP contribution in [0.3, 0.4) is 0 Å². The van der Waals surface area contributed by atoms with E-state index in [0.717, 1.165) is 80.5 Å². The molecule has 0 aliphatic carbocycles. The minimum atomic E-state index is 0.113. The lowest BCUT2D eigenvalue weighted by atomic mass is 10.1. The van der Waals surface area contributed by atoms with Crippen LogP contribution in [0.5, 0.6) is 0 Å². The summed E-state index contributed by atoms with van der Waals surface area (Å²) in [5.74, 6) is 0.731. The van der Waals surface area contributed by atoms with Crippen molar-refractivity contribution in [2.24, 2.45) is 0 Å².